The summed E-state index contributed by atoms with van der Waals surface area (Å²) in [5, 5.41) is 0. The Kier molecular flexibility index (Phi) is 6.99. The van der Waals surface area contributed by atoms with Gasteiger partial charge in [-0.15, -0.1) is 0 Å². The molecule has 0 spiro atoms. The van der Waals surface area contributed by atoms with Crippen LogP contribution in [0.1, 0.15) is 29.7 Å². The van der Waals surface area contributed by atoms with Crippen molar-refractivity contribution in [3.8, 4) is 17.2 Å². The van der Waals surface area contributed by atoms with Crippen LogP contribution < -0.4 is 29.1 Å². The number of methoxy groups -OCH3 is 2. The number of nitrogens with zero attached hydrogens (tertiary/aromatic N) is 2. The zero-order valence-electron chi connectivity index (χ0n) is 22.8. The molecule has 0 saturated carbocycles. The number of halogens is 4. The van der Waals surface area contributed by atoms with Gasteiger partial charge >= 0.3 is 5.97 Å². The lowest BCUT2D eigenvalue weighted by molar-refractivity contribution is -0.158. The average Bonchev–Trinajstić information content (AvgIpc) is 3.28. The Labute approximate surface area is 245 Å². The molecule has 0 N–H and O–H groups in total. The highest BCUT2D eigenvalue weighted by molar-refractivity contribution is 7.07. The Bertz CT molecular complexity index is 1950. The van der Waals surface area contributed by atoms with E-state index in [2.05, 4.69) is 4.99 Å². The predicted octanol–water partition coefficient (Wildman–Crippen LogP) is 4.00. The molecule has 2 aliphatic heterocycles. The van der Waals surface area contributed by atoms with Gasteiger partial charge in [0, 0.05) is 17.2 Å². The second kappa shape index (κ2) is 10.6. The lowest BCUT2D eigenvalue weighted by Gasteiger charge is -2.44. The van der Waals surface area contributed by atoms with Gasteiger partial charge in [-0.05, 0) is 36.8 Å². The standard InChI is InChI=1S/C30H22F4N2O6S/c1-30-22(28(38)40-3)25(16-6-4-5-7-20(16)42-30)36-27(37)21(43-29(36)35-30)11-14-8-9-19(39-2)15(10-14)13-41-26-23(33)17(31)12-18(32)24(26)34/h4-12,22,25H,13H2,1-3H3/t22-,25+,30+/m0/s1. The maximum Gasteiger partial charge on any atom is 0.317 e. The number of hydrogen-bond acceptors (Lipinski definition) is 8. The number of hydrogen-bond donors (Lipinski definition) is 0. The fourth-order valence-corrected chi connectivity index (χ4v) is 6.51. The third-order valence-corrected chi connectivity index (χ3v) is 8.36. The maximum absolute atomic E-state index is 14.1. The van der Waals surface area contributed by atoms with Crippen LogP contribution in [-0.4, -0.2) is 30.5 Å². The number of para-hydroxylation sites is 1. The van der Waals surface area contributed by atoms with E-state index in [1.807, 2.05) is 0 Å². The molecule has 1 aromatic heterocycles. The molecule has 3 aromatic carbocycles. The van der Waals surface area contributed by atoms with Crippen molar-refractivity contribution in [2.24, 2.45) is 10.9 Å². The summed E-state index contributed by atoms with van der Waals surface area (Å²) in [7, 11) is 2.62. The van der Waals surface area contributed by atoms with Gasteiger partial charge in [0.1, 0.15) is 24.0 Å². The first-order valence-electron chi connectivity index (χ1n) is 12.9. The number of thiazole rings is 1. The van der Waals surface area contributed by atoms with Gasteiger partial charge < -0.3 is 18.9 Å². The molecular weight excluding hydrogens is 592 g/mol. The minimum absolute atomic E-state index is 0.0887. The van der Waals surface area contributed by atoms with Crippen LogP contribution in [0.2, 0.25) is 0 Å². The van der Waals surface area contributed by atoms with E-state index in [1.165, 1.54) is 18.8 Å². The van der Waals surface area contributed by atoms with Gasteiger partial charge in [-0.3, -0.25) is 14.2 Å². The Morgan fingerprint density at radius 1 is 1.09 bits per heavy atom. The number of benzene rings is 3. The molecule has 4 aromatic rings. The topological polar surface area (TPSA) is 88.4 Å². The maximum atomic E-state index is 14.1. The monoisotopic (exact) mass is 614 g/mol. The first kappa shape index (κ1) is 28.5. The van der Waals surface area contributed by atoms with Gasteiger partial charge in [-0.1, -0.05) is 35.6 Å². The summed E-state index contributed by atoms with van der Waals surface area (Å²) in [5.74, 6) is -8.49. The van der Waals surface area contributed by atoms with Crippen LogP contribution in [0.15, 0.2) is 58.3 Å². The largest absolute Gasteiger partial charge is 0.496 e. The smallest absolute Gasteiger partial charge is 0.317 e. The summed E-state index contributed by atoms with van der Waals surface area (Å²) in [5.41, 5.74) is -0.337. The number of ether oxygens (including phenoxy) is 4. The molecule has 222 valence electrons. The predicted molar refractivity (Wildman–Crippen MR) is 146 cm³/mol. The van der Waals surface area contributed by atoms with Crippen molar-refractivity contribution in [2.75, 3.05) is 14.2 Å². The van der Waals surface area contributed by atoms with E-state index in [0.29, 0.717) is 21.7 Å². The van der Waals surface area contributed by atoms with Gasteiger partial charge in [-0.2, -0.15) is 8.78 Å². The fraction of sp³-hybridized carbons (Fsp3) is 0.233. The van der Waals surface area contributed by atoms with E-state index < -0.39 is 64.8 Å². The van der Waals surface area contributed by atoms with Crippen molar-refractivity contribution in [2.45, 2.75) is 25.3 Å². The molecule has 0 saturated heterocycles. The summed E-state index contributed by atoms with van der Waals surface area (Å²) in [6, 6.07) is 11.2. The second-order valence-corrected chi connectivity index (χ2v) is 11.0. The molecule has 2 aliphatic rings. The summed E-state index contributed by atoms with van der Waals surface area (Å²) in [4.78, 5) is 31.8. The lowest BCUT2D eigenvalue weighted by Crippen LogP contribution is -2.58. The molecule has 0 unspecified atom stereocenters. The number of carbonyl (C=O) groups is 1. The highest BCUT2D eigenvalue weighted by atomic mass is 32.1. The normalized spacial score (nSPS) is 20.4. The molecular formula is C30H22F4N2O6S. The van der Waals surface area contributed by atoms with Crippen LogP contribution in [-0.2, 0) is 16.1 Å². The summed E-state index contributed by atoms with van der Waals surface area (Å²) < 4.78 is 79.0. The van der Waals surface area contributed by atoms with E-state index >= 15 is 0 Å². The van der Waals surface area contributed by atoms with E-state index in [4.69, 9.17) is 18.9 Å². The summed E-state index contributed by atoms with van der Waals surface area (Å²) >= 11 is 1.09. The van der Waals surface area contributed by atoms with Gasteiger partial charge in [0.05, 0.1) is 24.8 Å². The zero-order chi connectivity index (χ0) is 30.6. The van der Waals surface area contributed by atoms with Crippen molar-refractivity contribution in [1.29, 1.82) is 0 Å². The Morgan fingerprint density at radius 3 is 2.51 bits per heavy atom. The number of carbonyl (C=O) groups excluding carboxylic acids is 1. The molecule has 2 bridgehead atoms. The van der Waals surface area contributed by atoms with Crippen molar-refractivity contribution < 1.29 is 41.3 Å². The quantitative estimate of drug-likeness (QED) is 0.185. The summed E-state index contributed by atoms with van der Waals surface area (Å²) in [6.45, 7) is 1.16. The van der Waals surface area contributed by atoms with Crippen molar-refractivity contribution in [3.63, 3.8) is 0 Å². The van der Waals surface area contributed by atoms with Crippen molar-refractivity contribution >= 4 is 23.4 Å². The molecule has 8 nitrogen and oxygen atoms in total. The minimum Gasteiger partial charge on any atom is -0.496 e. The van der Waals surface area contributed by atoms with Gasteiger partial charge in [0.25, 0.3) is 5.56 Å². The Hall–Kier alpha value is -4.65. The van der Waals surface area contributed by atoms with E-state index in [-0.39, 0.29) is 21.9 Å². The third-order valence-electron chi connectivity index (χ3n) is 7.38. The first-order valence-corrected chi connectivity index (χ1v) is 13.7. The molecule has 6 rings (SSSR count). The van der Waals surface area contributed by atoms with E-state index in [9.17, 15) is 27.2 Å². The molecule has 3 heterocycles. The van der Waals surface area contributed by atoms with Gasteiger partial charge in [0.2, 0.25) is 17.4 Å². The Morgan fingerprint density at radius 2 is 1.81 bits per heavy atom. The lowest BCUT2D eigenvalue weighted by atomic mass is 9.81. The first-order chi connectivity index (χ1) is 20.6. The Balaban J connectivity index is 1.43. The van der Waals surface area contributed by atoms with Crippen LogP contribution in [0.3, 0.4) is 0 Å². The summed E-state index contributed by atoms with van der Waals surface area (Å²) in [6.07, 6.45) is 1.58. The highest BCUT2D eigenvalue weighted by Crippen LogP contribution is 2.47. The van der Waals surface area contributed by atoms with E-state index in [0.717, 1.165) is 11.3 Å². The minimum atomic E-state index is -1.67. The molecule has 43 heavy (non-hydrogen) atoms. The van der Waals surface area contributed by atoms with Crippen LogP contribution in [0.5, 0.6) is 17.2 Å². The second-order valence-electron chi connectivity index (χ2n) is 9.98. The van der Waals surface area contributed by atoms with Crippen LogP contribution in [0.4, 0.5) is 17.6 Å². The van der Waals surface area contributed by atoms with Crippen LogP contribution in [0, 0.1) is 29.2 Å². The number of fused-ring (bicyclic) bond motifs is 6. The molecule has 3 atom stereocenters. The number of esters is 1. The molecule has 0 fully saturated rings. The van der Waals surface area contributed by atoms with Gasteiger partial charge in [-0.25, -0.2) is 13.8 Å². The fourth-order valence-electron chi connectivity index (χ4n) is 5.41. The highest BCUT2D eigenvalue weighted by Gasteiger charge is 2.55. The zero-order valence-corrected chi connectivity index (χ0v) is 23.6. The molecule has 0 radical (unpaired) electrons. The SMILES string of the molecule is COC(=O)[C@@H]1[C@H]2c3ccccc3O[C@@]1(C)N=c1sc(=Cc3ccc(OC)c(COc4c(F)c(F)cc(F)c4F)c3)c(=O)n12. The van der Waals surface area contributed by atoms with Crippen molar-refractivity contribution in [1.82, 2.24) is 4.57 Å². The average molecular weight is 615 g/mol. The molecule has 0 amide bonds. The number of aromatic nitrogens is 1. The number of rotatable bonds is 6. The third kappa shape index (κ3) is 4.63. The molecule has 0 aliphatic carbocycles. The van der Waals surface area contributed by atoms with Crippen molar-refractivity contribution in [3.05, 3.63) is 108 Å². The van der Waals surface area contributed by atoms with Crippen LogP contribution in [0.25, 0.3) is 6.08 Å². The van der Waals surface area contributed by atoms with Crippen LogP contribution >= 0.6 is 11.3 Å². The van der Waals surface area contributed by atoms with Gasteiger partial charge in [0.15, 0.2) is 22.2 Å². The van der Waals surface area contributed by atoms with E-state index in [1.54, 1.807) is 55.5 Å². The molecule has 13 heteroatoms.